The third-order valence-corrected chi connectivity index (χ3v) is 3.53. The SMILES string of the molecule is O=C(Nc1ccc(F)cc1)c1ccc(NCC2CCCO2)nn1. The molecule has 0 aliphatic carbocycles. The van der Waals surface area contributed by atoms with Crippen LogP contribution in [0.3, 0.4) is 0 Å². The van der Waals surface area contributed by atoms with Crippen LogP contribution >= 0.6 is 0 Å². The van der Waals surface area contributed by atoms with E-state index in [1.54, 1.807) is 12.1 Å². The molecule has 2 heterocycles. The van der Waals surface area contributed by atoms with Gasteiger partial charge in [0.1, 0.15) is 11.6 Å². The van der Waals surface area contributed by atoms with Crippen molar-refractivity contribution < 1.29 is 13.9 Å². The molecule has 1 saturated heterocycles. The summed E-state index contributed by atoms with van der Waals surface area (Å²) in [5, 5.41) is 13.6. The summed E-state index contributed by atoms with van der Waals surface area (Å²) in [5.74, 6) is -0.155. The Kier molecular flexibility index (Phi) is 4.77. The van der Waals surface area contributed by atoms with Crippen LogP contribution in [0.25, 0.3) is 0 Å². The molecule has 0 saturated carbocycles. The minimum absolute atomic E-state index is 0.192. The Balaban J connectivity index is 1.55. The predicted octanol–water partition coefficient (Wildman–Crippen LogP) is 2.46. The lowest BCUT2D eigenvalue weighted by Crippen LogP contribution is -2.20. The van der Waals surface area contributed by atoms with Gasteiger partial charge in [-0.15, -0.1) is 10.2 Å². The van der Waals surface area contributed by atoms with Crippen molar-refractivity contribution in [1.29, 1.82) is 0 Å². The van der Waals surface area contributed by atoms with Crippen LogP contribution in [-0.4, -0.2) is 35.4 Å². The number of ether oxygens (including phenoxy) is 1. The molecule has 23 heavy (non-hydrogen) atoms. The molecule has 120 valence electrons. The van der Waals surface area contributed by atoms with E-state index in [0.29, 0.717) is 18.1 Å². The minimum Gasteiger partial charge on any atom is -0.376 e. The van der Waals surface area contributed by atoms with E-state index in [-0.39, 0.29) is 17.6 Å². The number of nitrogens with zero attached hydrogens (tertiary/aromatic N) is 2. The molecule has 1 atom stereocenters. The van der Waals surface area contributed by atoms with E-state index < -0.39 is 5.91 Å². The summed E-state index contributed by atoms with van der Waals surface area (Å²) in [7, 11) is 0. The van der Waals surface area contributed by atoms with Crippen molar-refractivity contribution in [2.24, 2.45) is 0 Å². The fourth-order valence-corrected chi connectivity index (χ4v) is 2.30. The molecule has 2 N–H and O–H groups in total. The highest BCUT2D eigenvalue weighted by molar-refractivity contribution is 6.02. The number of nitrogens with one attached hydrogen (secondary N) is 2. The van der Waals surface area contributed by atoms with E-state index in [1.807, 2.05) is 0 Å². The molecule has 0 radical (unpaired) electrons. The Morgan fingerprint density at radius 1 is 1.22 bits per heavy atom. The minimum atomic E-state index is -0.394. The van der Waals surface area contributed by atoms with Gasteiger partial charge in [0, 0.05) is 18.8 Å². The fourth-order valence-electron chi connectivity index (χ4n) is 2.30. The third kappa shape index (κ3) is 4.23. The van der Waals surface area contributed by atoms with E-state index in [1.165, 1.54) is 24.3 Å². The molecule has 1 aromatic heterocycles. The molecule has 1 aliphatic heterocycles. The number of benzene rings is 1. The van der Waals surface area contributed by atoms with E-state index in [9.17, 15) is 9.18 Å². The lowest BCUT2D eigenvalue weighted by atomic mass is 10.2. The topological polar surface area (TPSA) is 76.1 Å². The fraction of sp³-hybridized carbons (Fsp3) is 0.312. The number of carbonyl (C=O) groups excluding carboxylic acids is 1. The molecule has 7 heteroatoms. The van der Waals surface area contributed by atoms with Gasteiger partial charge in [0.05, 0.1) is 6.10 Å². The quantitative estimate of drug-likeness (QED) is 0.886. The first-order valence-corrected chi connectivity index (χ1v) is 7.47. The van der Waals surface area contributed by atoms with Crippen LogP contribution < -0.4 is 10.6 Å². The lowest BCUT2D eigenvalue weighted by molar-refractivity contribution is 0.102. The Morgan fingerprint density at radius 3 is 2.70 bits per heavy atom. The second-order valence-electron chi connectivity index (χ2n) is 5.28. The molecule has 0 spiro atoms. The molecule has 1 aromatic carbocycles. The van der Waals surface area contributed by atoms with E-state index in [0.717, 1.165) is 19.4 Å². The van der Waals surface area contributed by atoms with Crippen LogP contribution in [0.5, 0.6) is 0 Å². The number of carbonyl (C=O) groups is 1. The highest BCUT2D eigenvalue weighted by atomic mass is 19.1. The number of anilines is 2. The van der Waals surface area contributed by atoms with Crippen LogP contribution in [-0.2, 0) is 4.74 Å². The summed E-state index contributed by atoms with van der Waals surface area (Å²) in [6, 6.07) is 8.81. The summed E-state index contributed by atoms with van der Waals surface area (Å²) < 4.78 is 18.3. The first kappa shape index (κ1) is 15.4. The standard InChI is InChI=1S/C16H17FN4O2/c17-11-3-5-12(6-4-11)19-16(22)14-7-8-15(21-20-14)18-10-13-2-1-9-23-13/h3-8,13H,1-2,9-10H2,(H,18,21)(H,19,22). The average molecular weight is 316 g/mol. The molecule has 1 fully saturated rings. The summed E-state index contributed by atoms with van der Waals surface area (Å²) in [5.41, 5.74) is 0.691. The van der Waals surface area contributed by atoms with E-state index in [2.05, 4.69) is 20.8 Å². The molecular formula is C16H17FN4O2. The van der Waals surface area contributed by atoms with Gasteiger partial charge in [-0.05, 0) is 49.2 Å². The smallest absolute Gasteiger partial charge is 0.276 e. The summed E-state index contributed by atoms with van der Waals surface area (Å²) in [4.78, 5) is 12.0. The maximum atomic E-state index is 12.8. The lowest BCUT2D eigenvalue weighted by Gasteiger charge is -2.10. The van der Waals surface area contributed by atoms with Crippen molar-refractivity contribution >= 4 is 17.4 Å². The van der Waals surface area contributed by atoms with Crippen LogP contribution in [0.15, 0.2) is 36.4 Å². The van der Waals surface area contributed by atoms with Crippen LogP contribution in [0.1, 0.15) is 23.3 Å². The van der Waals surface area contributed by atoms with Gasteiger partial charge in [0.2, 0.25) is 0 Å². The van der Waals surface area contributed by atoms with Gasteiger partial charge in [-0.3, -0.25) is 4.79 Å². The number of hydrogen-bond acceptors (Lipinski definition) is 5. The first-order valence-electron chi connectivity index (χ1n) is 7.47. The van der Waals surface area contributed by atoms with E-state index in [4.69, 9.17) is 4.74 Å². The van der Waals surface area contributed by atoms with Crippen LogP contribution in [0, 0.1) is 5.82 Å². The number of rotatable bonds is 5. The molecule has 3 rings (SSSR count). The molecule has 1 amide bonds. The van der Waals surface area contributed by atoms with Crippen LogP contribution in [0.2, 0.25) is 0 Å². The molecule has 6 nitrogen and oxygen atoms in total. The molecule has 0 bridgehead atoms. The second-order valence-corrected chi connectivity index (χ2v) is 5.28. The maximum Gasteiger partial charge on any atom is 0.276 e. The van der Waals surface area contributed by atoms with Gasteiger partial charge in [-0.2, -0.15) is 0 Å². The van der Waals surface area contributed by atoms with Crippen molar-refractivity contribution in [2.75, 3.05) is 23.8 Å². The Morgan fingerprint density at radius 2 is 2.04 bits per heavy atom. The normalized spacial score (nSPS) is 17.0. The number of aromatic nitrogens is 2. The Hall–Kier alpha value is -2.54. The zero-order chi connectivity index (χ0) is 16.1. The summed E-state index contributed by atoms with van der Waals surface area (Å²) in [6.45, 7) is 1.48. The highest BCUT2D eigenvalue weighted by Crippen LogP contribution is 2.13. The Bertz CT molecular complexity index is 655. The molecule has 1 aliphatic rings. The van der Waals surface area contributed by atoms with Crippen molar-refractivity contribution in [2.45, 2.75) is 18.9 Å². The van der Waals surface area contributed by atoms with E-state index >= 15 is 0 Å². The van der Waals surface area contributed by atoms with Gasteiger partial charge in [-0.1, -0.05) is 0 Å². The molecular weight excluding hydrogens is 299 g/mol. The van der Waals surface area contributed by atoms with Crippen molar-refractivity contribution in [3.8, 4) is 0 Å². The van der Waals surface area contributed by atoms with Gasteiger partial charge in [0.25, 0.3) is 5.91 Å². The number of amides is 1. The van der Waals surface area contributed by atoms with Gasteiger partial charge in [-0.25, -0.2) is 4.39 Å². The number of halogens is 1. The zero-order valence-electron chi connectivity index (χ0n) is 12.5. The summed E-state index contributed by atoms with van der Waals surface area (Å²) in [6.07, 6.45) is 2.33. The van der Waals surface area contributed by atoms with Crippen molar-refractivity contribution in [3.05, 3.63) is 47.9 Å². The first-order chi connectivity index (χ1) is 11.2. The average Bonchev–Trinajstić information content (AvgIpc) is 3.09. The predicted molar refractivity (Wildman–Crippen MR) is 83.8 cm³/mol. The van der Waals surface area contributed by atoms with Gasteiger partial charge >= 0.3 is 0 Å². The zero-order valence-corrected chi connectivity index (χ0v) is 12.5. The van der Waals surface area contributed by atoms with Gasteiger partial charge < -0.3 is 15.4 Å². The summed E-state index contributed by atoms with van der Waals surface area (Å²) >= 11 is 0. The third-order valence-electron chi connectivity index (χ3n) is 3.53. The van der Waals surface area contributed by atoms with Crippen molar-refractivity contribution in [3.63, 3.8) is 0 Å². The van der Waals surface area contributed by atoms with Gasteiger partial charge in [0.15, 0.2) is 5.69 Å². The highest BCUT2D eigenvalue weighted by Gasteiger charge is 2.15. The maximum absolute atomic E-state index is 12.8. The molecule has 1 unspecified atom stereocenters. The Labute approximate surface area is 133 Å². The monoisotopic (exact) mass is 316 g/mol. The largest absolute Gasteiger partial charge is 0.376 e. The second kappa shape index (κ2) is 7.15. The molecule has 2 aromatic rings. The number of hydrogen-bond donors (Lipinski definition) is 2. The van der Waals surface area contributed by atoms with Crippen molar-refractivity contribution in [1.82, 2.24) is 10.2 Å². The van der Waals surface area contributed by atoms with Crippen LogP contribution in [0.4, 0.5) is 15.9 Å².